The third-order valence-corrected chi connectivity index (χ3v) is 3.93. The summed E-state index contributed by atoms with van der Waals surface area (Å²) in [6.45, 7) is 3.36. The van der Waals surface area contributed by atoms with Gasteiger partial charge in [0.2, 0.25) is 5.91 Å². The van der Waals surface area contributed by atoms with Crippen LogP contribution in [0.2, 0.25) is 5.02 Å². The third-order valence-electron chi connectivity index (χ3n) is 3.64. The molecule has 26 heavy (non-hydrogen) atoms. The van der Waals surface area contributed by atoms with Gasteiger partial charge in [-0.2, -0.15) is 0 Å². The minimum Gasteiger partial charge on any atom is -0.479 e. The average Bonchev–Trinajstić information content (AvgIpc) is 2.58. The third kappa shape index (κ3) is 5.46. The smallest absolute Gasteiger partial charge is 0.263 e. The lowest BCUT2D eigenvalue weighted by Crippen LogP contribution is -2.42. The number of ether oxygens (including phenoxy) is 1. The van der Waals surface area contributed by atoms with Crippen LogP contribution in [0.4, 0.5) is 10.1 Å². The normalized spacial score (nSPS) is 11.6. The second-order valence-corrected chi connectivity index (χ2v) is 6.35. The summed E-state index contributed by atoms with van der Waals surface area (Å²) >= 11 is 5.89. The van der Waals surface area contributed by atoms with E-state index in [1.54, 1.807) is 12.1 Å². The van der Waals surface area contributed by atoms with E-state index >= 15 is 0 Å². The Labute approximate surface area is 156 Å². The van der Waals surface area contributed by atoms with Crippen molar-refractivity contribution >= 4 is 29.1 Å². The van der Waals surface area contributed by atoms with Gasteiger partial charge in [0, 0.05) is 12.7 Å². The van der Waals surface area contributed by atoms with Gasteiger partial charge in [-0.3, -0.25) is 9.59 Å². The van der Waals surface area contributed by atoms with Gasteiger partial charge in [-0.15, -0.1) is 0 Å². The summed E-state index contributed by atoms with van der Waals surface area (Å²) in [5.74, 6) is -1.01. The van der Waals surface area contributed by atoms with Crippen LogP contribution in [0.3, 0.4) is 0 Å². The number of rotatable bonds is 6. The van der Waals surface area contributed by atoms with E-state index < -0.39 is 17.8 Å². The van der Waals surface area contributed by atoms with Crippen LogP contribution in [-0.4, -0.2) is 36.4 Å². The number of nitrogens with zero attached hydrogens (tertiary/aromatic N) is 1. The fourth-order valence-electron chi connectivity index (χ4n) is 2.25. The van der Waals surface area contributed by atoms with Crippen LogP contribution < -0.4 is 10.1 Å². The minimum absolute atomic E-state index is 0.0735. The average molecular weight is 379 g/mol. The maximum absolute atomic E-state index is 13.1. The lowest BCUT2D eigenvalue weighted by Gasteiger charge is -2.22. The summed E-state index contributed by atoms with van der Waals surface area (Å²) in [5.41, 5.74) is 1.74. The van der Waals surface area contributed by atoms with Gasteiger partial charge in [-0.25, -0.2) is 4.39 Å². The Morgan fingerprint density at radius 3 is 2.50 bits per heavy atom. The van der Waals surface area contributed by atoms with E-state index in [0.717, 1.165) is 11.6 Å². The number of hydrogen-bond donors (Lipinski definition) is 1. The molecule has 2 aromatic rings. The van der Waals surface area contributed by atoms with Crippen molar-refractivity contribution in [3.05, 3.63) is 58.9 Å². The first-order valence-corrected chi connectivity index (χ1v) is 8.37. The van der Waals surface area contributed by atoms with E-state index in [4.69, 9.17) is 16.3 Å². The van der Waals surface area contributed by atoms with Crippen molar-refractivity contribution in [1.29, 1.82) is 0 Å². The molecule has 0 saturated carbocycles. The molecular weight excluding hydrogens is 359 g/mol. The number of benzene rings is 2. The van der Waals surface area contributed by atoms with E-state index in [2.05, 4.69) is 5.32 Å². The second-order valence-electron chi connectivity index (χ2n) is 5.94. The Morgan fingerprint density at radius 2 is 1.88 bits per heavy atom. The molecule has 0 saturated heterocycles. The lowest BCUT2D eigenvalue weighted by molar-refractivity contribution is -0.139. The fourth-order valence-corrected chi connectivity index (χ4v) is 2.46. The quantitative estimate of drug-likeness (QED) is 0.834. The van der Waals surface area contributed by atoms with Crippen molar-refractivity contribution in [2.24, 2.45) is 0 Å². The fraction of sp³-hybridized carbons (Fsp3) is 0.263. The van der Waals surface area contributed by atoms with Gasteiger partial charge in [0.1, 0.15) is 11.6 Å². The van der Waals surface area contributed by atoms with Gasteiger partial charge < -0.3 is 15.0 Å². The maximum atomic E-state index is 13.1. The topological polar surface area (TPSA) is 58.6 Å². The van der Waals surface area contributed by atoms with Crippen molar-refractivity contribution in [3.63, 3.8) is 0 Å². The number of anilines is 1. The standard InChI is InChI=1S/C19H20ClFN2O3/c1-12-4-7-15(8-5-12)22-18(24)11-23(3)19(25)13(2)26-17-9-6-14(21)10-16(17)20/h4-10,13H,11H2,1-3H3,(H,22,24). The highest BCUT2D eigenvalue weighted by atomic mass is 35.5. The maximum Gasteiger partial charge on any atom is 0.263 e. The first kappa shape index (κ1) is 19.7. The van der Waals surface area contributed by atoms with Crippen LogP contribution in [0.25, 0.3) is 0 Å². The molecule has 0 bridgehead atoms. The highest BCUT2D eigenvalue weighted by molar-refractivity contribution is 6.32. The van der Waals surface area contributed by atoms with Crippen molar-refractivity contribution in [1.82, 2.24) is 4.90 Å². The summed E-state index contributed by atoms with van der Waals surface area (Å²) in [7, 11) is 1.50. The van der Waals surface area contributed by atoms with Crippen LogP contribution in [-0.2, 0) is 9.59 Å². The van der Waals surface area contributed by atoms with Crippen LogP contribution in [0, 0.1) is 12.7 Å². The van der Waals surface area contributed by atoms with Crippen molar-refractivity contribution < 1.29 is 18.7 Å². The zero-order chi connectivity index (χ0) is 19.3. The van der Waals surface area contributed by atoms with E-state index in [1.807, 2.05) is 19.1 Å². The Balaban J connectivity index is 1.91. The molecule has 0 heterocycles. The molecule has 0 fully saturated rings. The molecule has 1 N–H and O–H groups in total. The molecule has 0 aliphatic rings. The first-order chi connectivity index (χ1) is 12.3. The van der Waals surface area contributed by atoms with E-state index in [0.29, 0.717) is 5.69 Å². The second kappa shape index (κ2) is 8.67. The van der Waals surface area contributed by atoms with Gasteiger partial charge in [-0.05, 0) is 44.2 Å². The van der Waals surface area contributed by atoms with Crippen LogP contribution in [0.15, 0.2) is 42.5 Å². The molecule has 1 atom stereocenters. The molecule has 1 unspecified atom stereocenters. The molecule has 2 aromatic carbocycles. The number of amides is 2. The van der Waals surface area contributed by atoms with Crippen molar-refractivity contribution in [3.8, 4) is 5.75 Å². The van der Waals surface area contributed by atoms with Crippen LogP contribution in [0.5, 0.6) is 5.75 Å². The summed E-state index contributed by atoms with van der Waals surface area (Å²) in [6, 6.07) is 11.0. The van der Waals surface area contributed by atoms with Crippen molar-refractivity contribution in [2.75, 3.05) is 18.9 Å². The Hall–Kier alpha value is -2.60. The predicted molar refractivity (Wildman–Crippen MR) is 98.9 cm³/mol. The molecule has 0 spiro atoms. The number of halogens is 2. The molecule has 0 aliphatic carbocycles. The SMILES string of the molecule is Cc1ccc(NC(=O)CN(C)C(=O)C(C)Oc2ccc(F)cc2Cl)cc1. The summed E-state index contributed by atoms with van der Waals surface area (Å²) in [4.78, 5) is 25.7. The van der Waals surface area contributed by atoms with Gasteiger partial charge in [-0.1, -0.05) is 29.3 Å². The Kier molecular flexibility index (Phi) is 6.58. The zero-order valence-electron chi connectivity index (χ0n) is 14.8. The Bertz CT molecular complexity index is 796. The number of nitrogens with one attached hydrogen (secondary N) is 1. The first-order valence-electron chi connectivity index (χ1n) is 7.99. The largest absolute Gasteiger partial charge is 0.479 e. The summed E-state index contributed by atoms with van der Waals surface area (Å²) in [6.07, 6.45) is -0.880. The summed E-state index contributed by atoms with van der Waals surface area (Å²) < 4.78 is 18.5. The molecule has 0 aromatic heterocycles. The number of hydrogen-bond acceptors (Lipinski definition) is 3. The molecule has 0 radical (unpaired) electrons. The number of carbonyl (C=O) groups excluding carboxylic acids is 2. The number of aryl methyl sites for hydroxylation is 1. The Morgan fingerprint density at radius 1 is 1.23 bits per heavy atom. The van der Waals surface area contributed by atoms with Gasteiger partial charge in [0.15, 0.2) is 6.10 Å². The molecule has 7 heteroatoms. The van der Waals surface area contributed by atoms with Gasteiger partial charge in [0.05, 0.1) is 11.6 Å². The highest BCUT2D eigenvalue weighted by Crippen LogP contribution is 2.26. The molecule has 2 rings (SSSR count). The monoisotopic (exact) mass is 378 g/mol. The van der Waals surface area contributed by atoms with E-state index in [9.17, 15) is 14.0 Å². The van der Waals surface area contributed by atoms with Gasteiger partial charge >= 0.3 is 0 Å². The predicted octanol–water partition coefficient (Wildman–Crippen LogP) is 3.65. The summed E-state index contributed by atoms with van der Waals surface area (Å²) in [5, 5.41) is 2.80. The van der Waals surface area contributed by atoms with E-state index in [-0.39, 0.29) is 23.2 Å². The van der Waals surface area contributed by atoms with E-state index in [1.165, 1.54) is 31.0 Å². The molecule has 0 aliphatic heterocycles. The highest BCUT2D eigenvalue weighted by Gasteiger charge is 2.22. The molecule has 138 valence electrons. The van der Waals surface area contributed by atoms with Crippen molar-refractivity contribution in [2.45, 2.75) is 20.0 Å². The van der Waals surface area contributed by atoms with Crippen LogP contribution >= 0.6 is 11.6 Å². The van der Waals surface area contributed by atoms with Crippen LogP contribution in [0.1, 0.15) is 12.5 Å². The molecular formula is C19H20ClFN2O3. The molecule has 5 nitrogen and oxygen atoms in total. The number of likely N-dealkylation sites (N-methyl/N-ethyl adjacent to an activating group) is 1. The van der Waals surface area contributed by atoms with Gasteiger partial charge in [0.25, 0.3) is 5.91 Å². The zero-order valence-corrected chi connectivity index (χ0v) is 15.5. The number of carbonyl (C=O) groups is 2. The molecule has 2 amide bonds. The minimum atomic E-state index is -0.880. The lowest BCUT2D eigenvalue weighted by atomic mass is 10.2.